The van der Waals surface area contributed by atoms with Crippen LogP contribution < -0.4 is 5.84 Å². The Balaban J connectivity index is 2.31. The number of fused-ring (bicyclic) bond motifs is 1. The molecule has 1 aromatic rings. The summed E-state index contributed by atoms with van der Waals surface area (Å²) < 4.78 is 0. The van der Waals surface area contributed by atoms with Gasteiger partial charge in [0.2, 0.25) is 0 Å². The third-order valence-corrected chi connectivity index (χ3v) is 2.55. The number of aromatic nitrogens is 1. The molecule has 78 valence electrons. The van der Waals surface area contributed by atoms with Crippen LogP contribution in [0.5, 0.6) is 0 Å². The van der Waals surface area contributed by atoms with E-state index in [-0.39, 0.29) is 0 Å². The fourth-order valence-corrected chi connectivity index (χ4v) is 1.80. The number of rotatable bonds is 1. The van der Waals surface area contributed by atoms with Gasteiger partial charge in [-0.15, -0.1) is 0 Å². The van der Waals surface area contributed by atoms with Crippen molar-refractivity contribution in [3.63, 3.8) is 0 Å². The molecule has 1 aliphatic rings. The number of amides is 1. The van der Waals surface area contributed by atoms with Crippen LogP contribution in [-0.4, -0.2) is 10.9 Å². The van der Waals surface area contributed by atoms with Crippen molar-refractivity contribution in [3.8, 4) is 0 Å². The summed E-state index contributed by atoms with van der Waals surface area (Å²) in [6.45, 7) is 0. The van der Waals surface area contributed by atoms with E-state index in [1.54, 1.807) is 6.07 Å². The Bertz CT molecular complexity index is 414. The van der Waals surface area contributed by atoms with Gasteiger partial charge in [0, 0.05) is 5.69 Å². The highest BCUT2D eigenvalue weighted by Crippen LogP contribution is 2.19. The molecule has 1 heterocycles. The van der Waals surface area contributed by atoms with Crippen LogP contribution >= 0.6 is 0 Å². The van der Waals surface area contributed by atoms with Crippen LogP contribution in [0.2, 0.25) is 0 Å². The second kappa shape index (κ2) is 4.16. The molecule has 5 heteroatoms. The minimum absolute atomic E-state index is 0.324. The standard InChI is InChI=1S/C10H12N4O/c11-14-13-10(15)9-6-5-7-3-1-2-4-8(7)12-9/h5-6H,1-4H2,(H2,11,13,15). The Morgan fingerprint density at radius 2 is 2.13 bits per heavy atom. The second-order valence-corrected chi connectivity index (χ2v) is 3.53. The number of nitrogens with two attached hydrogens (primary N) is 1. The lowest BCUT2D eigenvalue weighted by Crippen LogP contribution is -2.09. The normalized spacial score (nSPS) is 15.2. The van der Waals surface area contributed by atoms with Gasteiger partial charge in [-0.25, -0.2) is 4.98 Å². The zero-order valence-corrected chi connectivity index (χ0v) is 8.31. The van der Waals surface area contributed by atoms with Gasteiger partial charge in [-0.2, -0.15) is 0 Å². The van der Waals surface area contributed by atoms with Gasteiger partial charge in [-0.05, 0) is 37.3 Å². The number of nitrogens with zero attached hydrogens (tertiary/aromatic N) is 3. The lowest BCUT2D eigenvalue weighted by atomic mass is 9.96. The molecular formula is C10H12N4O. The molecule has 0 unspecified atom stereocenters. The number of hydrogen-bond acceptors (Lipinski definition) is 3. The molecule has 2 N–H and O–H groups in total. The Hall–Kier alpha value is -1.78. The molecule has 1 aromatic heterocycles. The highest BCUT2D eigenvalue weighted by molar-refractivity contribution is 5.92. The molecule has 0 atom stereocenters. The molecule has 1 aliphatic carbocycles. The highest BCUT2D eigenvalue weighted by atomic mass is 16.2. The van der Waals surface area contributed by atoms with Gasteiger partial charge in [0.1, 0.15) is 5.69 Å². The van der Waals surface area contributed by atoms with Crippen LogP contribution in [0.3, 0.4) is 0 Å². The maximum absolute atomic E-state index is 11.3. The summed E-state index contributed by atoms with van der Waals surface area (Å²) >= 11 is 0. The zero-order chi connectivity index (χ0) is 10.7. The second-order valence-electron chi connectivity index (χ2n) is 3.53. The van der Waals surface area contributed by atoms with Crippen molar-refractivity contribution in [1.82, 2.24) is 4.98 Å². The Morgan fingerprint density at radius 1 is 1.33 bits per heavy atom. The van der Waals surface area contributed by atoms with E-state index in [9.17, 15) is 4.79 Å². The molecule has 0 aliphatic heterocycles. The summed E-state index contributed by atoms with van der Waals surface area (Å²) in [6.07, 6.45) is 4.33. The van der Waals surface area contributed by atoms with E-state index in [0.717, 1.165) is 25.0 Å². The lowest BCUT2D eigenvalue weighted by molar-refractivity contribution is 0.0988. The minimum atomic E-state index is -0.481. The fraction of sp³-hybridized carbons (Fsp3) is 0.400. The minimum Gasteiger partial charge on any atom is -0.304 e. The van der Waals surface area contributed by atoms with Gasteiger partial charge in [0.25, 0.3) is 0 Å². The van der Waals surface area contributed by atoms with Crippen molar-refractivity contribution in [2.45, 2.75) is 25.7 Å². The van der Waals surface area contributed by atoms with E-state index in [4.69, 9.17) is 5.84 Å². The quantitative estimate of drug-likeness (QED) is 0.427. The first-order valence-corrected chi connectivity index (χ1v) is 4.95. The Morgan fingerprint density at radius 3 is 2.93 bits per heavy atom. The predicted molar refractivity (Wildman–Crippen MR) is 54.3 cm³/mol. The van der Waals surface area contributed by atoms with Crippen molar-refractivity contribution >= 4 is 5.91 Å². The molecule has 2 rings (SSSR count). The summed E-state index contributed by atoms with van der Waals surface area (Å²) in [7, 11) is 0. The smallest absolute Gasteiger partial charge is 0.304 e. The third kappa shape index (κ3) is 2.01. The van der Waals surface area contributed by atoms with Crippen molar-refractivity contribution < 1.29 is 4.79 Å². The highest BCUT2D eigenvalue weighted by Gasteiger charge is 2.13. The molecular weight excluding hydrogens is 192 g/mol. The van der Waals surface area contributed by atoms with Crippen LogP contribution in [0, 0.1) is 0 Å². The Labute approximate surface area is 87.4 Å². The van der Waals surface area contributed by atoms with Crippen LogP contribution in [0.1, 0.15) is 34.6 Å². The fourth-order valence-electron chi connectivity index (χ4n) is 1.80. The molecule has 1 amide bonds. The number of aryl methyl sites for hydroxylation is 2. The van der Waals surface area contributed by atoms with E-state index >= 15 is 0 Å². The molecule has 15 heavy (non-hydrogen) atoms. The maximum Gasteiger partial charge on any atom is 0.315 e. The topological polar surface area (TPSA) is 80.7 Å². The number of carbonyl (C=O) groups excluding carboxylic acids is 1. The lowest BCUT2D eigenvalue weighted by Gasteiger charge is -2.14. The Kier molecular flexibility index (Phi) is 2.71. The first-order chi connectivity index (χ1) is 7.31. The average molecular weight is 204 g/mol. The van der Waals surface area contributed by atoms with Crippen molar-refractivity contribution in [2.24, 2.45) is 16.2 Å². The van der Waals surface area contributed by atoms with Crippen LogP contribution in [0.25, 0.3) is 0 Å². The predicted octanol–water partition coefficient (Wildman–Crippen LogP) is 1.43. The maximum atomic E-state index is 11.3. The summed E-state index contributed by atoms with van der Waals surface area (Å²) in [5, 5.41) is 6.20. The van der Waals surface area contributed by atoms with E-state index < -0.39 is 5.91 Å². The average Bonchev–Trinajstić information content (AvgIpc) is 2.29. The van der Waals surface area contributed by atoms with Crippen LogP contribution in [0.4, 0.5) is 0 Å². The number of carbonyl (C=O) groups is 1. The third-order valence-electron chi connectivity index (χ3n) is 2.55. The van der Waals surface area contributed by atoms with Crippen molar-refractivity contribution in [1.29, 1.82) is 0 Å². The van der Waals surface area contributed by atoms with Gasteiger partial charge in [0.05, 0.1) is 0 Å². The van der Waals surface area contributed by atoms with Crippen LogP contribution in [0.15, 0.2) is 22.5 Å². The molecule has 0 bridgehead atoms. The van der Waals surface area contributed by atoms with E-state index in [1.807, 2.05) is 6.07 Å². The van der Waals surface area contributed by atoms with E-state index in [0.29, 0.717) is 5.69 Å². The van der Waals surface area contributed by atoms with E-state index in [2.05, 4.69) is 15.3 Å². The number of pyridine rings is 1. The zero-order valence-electron chi connectivity index (χ0n) is 8.31. The molecule has 5 nitrogen and oxygen atoms in total. The van der Waals surface area contributed by atoms with Gasteiger partial charge >= 0.3 is 5.91 Å². The van der Waals surface area contributed by atoms with Gasteiger partial charge in [-0.1, -0.05) is 16.4 Å². The molecule has 0 saturated carbocycles. The number of hydrogen-bond donors (Lipinski definition) is 1. The molecule has 0 radical (unpaired) electrons. The molecule has 0 aromatic carbocycles. The molecule has 0 fully saturated rings. The largest absolute Gasteiger partial charge is 0.315 e. The first kappa shape index (κ1) is 9.76. The summed E-state index contributed by atoms with van der Waals surface area (Å²) in [5.41, 5.74) is 2.58. The van der Waals surface area contributed by atoms with Gasteiger partial charge in [0.15, 0.2) is 0 Å². The SMILES string of the molecule is NN=NC(=O)c1ccc2c(n1)CCCC2. The summed E-state index contributed by atoms with van der Waals surface area (Å²) in [5.74, 6) is 4.33. The van der Waals surface area contributed by atoms with Gasteiger partial charge in [-0.3, -0.25) is 4.79 Å². The van der Waals surface area contributed by atoms with Crippen LogP contribution in [-0.2, 0) is 12.8 Å². The van der Waals surface area contributed by atoms with Crippen molar-refractivity contribution in [2.75, 3.05) is 0 Å². The van der Waals surface area contributed by atoms with Gasteiger partial charge < -0.3 is 5.84 Å². The molecule has 0 saturated heterocycles. The van der Waals surface area contributed by atoms with Crippen molar-refractivity contribution in [3.05, 3.63) is 29.1 Å². The first-order valence-electron chi connectivity index (χ1n) is 4.95. The summed E-state index contributed by atoms with van der Waals surface area (Å²) in [4.78, 5) is 15.6. The molecule has 0 spiro atoms. The van der Waals surface area contributed by atoms with E-state index in [1.165, 1.54) is 12.0 Å². The monoisotopic (exact) mass is 204 g/mol. The summed E-state index contributed by atoms with van der Waals surface area (Å²) in [6, 6.07) is 3.63.